The molecule has 1 aliphatic heterocycles. The molecule has 41 heavy (non-hydrogen) atoms. The van der Waals surface area contributed by atoms with Gasteiger partial charge in [0, 0.05) is 34.5 Å². The summed E-state index contributed by atoms with van der Waals surface area (Å²) in [6.45, 7) is 3.05. The van der Waals surface area contributed by atoms with Gasteiger partial charge in [0.25, 0.3) is 0 Å². The van der Waals surface area contributed by atoms with Crippen LogP contribution in [0.2, 0.25) is 0 Å². The second-order valence-corrected chi connectivity index (χ2v) is 9.84. The highest BCUT2D eigenvalue weighted by Crippen LogP contribution is 2.50. The molecular weight excluding hydrogens is 526 g/mol. The van der Waals surface area contributed by atoms with E-state index in [1.807, 2.05) is 35.8 Å². The van der Waals surface area contributed by atoms with Crippen LogP contribution in [0.4, 0.5) is 0 Å². The molecule has 0 saturated heterocycles. The lowest BCUT2D eigenvalue weighted by Crippen LogP contribution is -2.15. The third-order valence-electron chi connectivity index (χ3n) is 7.59. The highest BCUT2D eigenvalue weighted by molar-refractivity contribution is 6.17. The molecule has 3 heterocycles. The Kier molecular flexibility index (Phi) is 6.65. The Balaban J connectivity index is 1.78. The Morgan fingerprint density at radius 1 is 0.878 bits per heavy atom. The number of nitrogens with zero attached hydrogens (tertiary/aromatic N) is 1. The van der Waals surface area contributed by atoms with E-state index in [2.05, 4.69) is 0 Å². The Morgan fingerprint density at radius 3 is 2.27 bits per heavy atom. The van der Waals surface area contributed by atoms with Gasteiger partial charge in [0.05, 0.1) is 40.7 Å². The number of phenolic OH excluding ortho intramolecular Hbond substituents is 1. The maximum absolute atomic E-state index is 13.7. The number of aromatic nitrogens is 1. The Bertz CT molecular complexity index is 1870. The van der Waals surface area contributed by atoms with Crippen LogP contribution < -0.4 is 29.3 Å². The molecule has 0 bridgehead atoms. The van der Waals surface area contributed by atoms with Crippen molar-refractivity contribution in [2.45, 2.75) is 26.3 Å². The van der Waals surface area contributed by atoms with Gasteiger partial charge in [-0.1, -0.05) is 13.0 Å². The molecule has 0 aliphatic carbocycles. The molecule has 2 aromatic heterocycles. The Morgan fingerprint density at radius 2 is 1.59 bits per heavy atom. The quantitative estimate of drug-likeness (QED) is 0.226. The summed E-state index contributed by atoms with van der Waals surface area (Å²) in [5.41, 5.74) is 4.60. The summed E-state index contributed by atoms with van der Waals surface area (Å²) in [4.78, 5) is 13.7. The molecule has 0 fully saturated rings. The van der Waals surface area contributed by atoms with Gasteiger partial charge in [-0.2, -0.15) is 0 Å². The van der Waals surface area contributed by atoms with E-state index in [0.717, 1.165) is 28.8 Å². The number of ether oxygens (including phenoxy) is 5. The number of phenols is 1. The van der Waals surface area contributed by atoms with Crippen molar-refractivity contribution < 1.29 is 33.2 Å². The first-order chi connectivity index (χ1) is 19.9. The molecule has 0 radical (unpaired) electrons. The molecular formula is C32H31NO8. The third kappa shape index (κ3) is 4.11. The SMILES string of the molecule is CCCOc1cc2oc(=O)c3c(c(-c4ccc(OC)c(O)c4)c4n3CCc3cc(OC)c(OC)cc3-4)c2cc1OC. The molecule has 0 amide bonds. The zero-order valence-corrected chi connectivity index (χ0v) is 23.6. The first-order valence-electron chi connectivity index (χ1n) is 13.4. The fourth-order valence-electron chi connectivity index (χ4n) is 5.76. The standard InChI is InChI=1S/C32H31NO8/c1-6-11-40-27-16-23-20(15-26(27)39-5)29-28(18-7-8-22(36-2)21(34)12-18)30-19-14-25(38-4)24(37-3)13-17(19)9-10-33(30)31(29)32(35)41-23/h7-8,12-16,34H,6,9-11H2,1-5H3. The zero-order valence-electron chi connectivity index (χ0n) is 23.6. The van der Waals surface area contributed by atoms with Crippen molar-refractivity contribution in [3.8, 4) is 56.9 Å². The van der Waals surface area contributed by atoms with Gasteiger partial charge in [0.2, 0.25) is 0 Å². The van der Waals surface area contributed by atoms with Crippen molar-refractivity contribution in [3.05, 3.63) is 58.4 Å². The summed E-state index contributed by atoms with van der Waals surface area (Å²) in [5.74, 6) is 2.57. The molecule has 3 aromatic carbocycles. The van der Waals surface area contributed by atoms with Crippen molar-refractivity contribution in [1.82, 2.24) is 4.57 Å². The van der Waals surface area contributed by atoms with Crippen LogP contribution in [-0.4, -0.2) is 44.7 Å². The lowest BCUT2D eigenvalue weighted by molar-refractivity contribution is 0.294. The highest BCUT2D eigenvalue weighted by Gasteiger charge is 2.31. The molecule has 0 spiro atoms. The second kappa shape index (κ2) is 10.3. The first kappa shape index (κ1) is 26.4. The summed E-state index contributed by atoms with van der Waals surface area (Å²) >= 11 is 0. The van der Waals surface area contributed by atoms with Gasteiger partial charge in [-0.25, -0.2) is 4.79 Å². The smallest absolute Gasteiger partial charge is 0.361 e. The fraction of sp³-hybridized carbons (Fsp3) is 0.281. The average Bonchev–Trinajstić information content (AvgIpc) is 3.35. The highest BCUT2D eigenvalue weighted by atomic mass is 16.5. The number of methoxy groups -OCH3 is 4. The van der Waals surface area contributed by atoms with E-state index in [1.165, 1.54) is 7.11 Å². The summed E-state index contributed by atoms with van der Waals surface area (Å²) in [5, 5.41) is 12.2. The number of aryl methyl sites for hydroxylation is 2. The number of benzene rings is 3. The molecule has 1 aliphatic rings. The summed E-state index contributed by atoms with van der Waals surface area (Å²) in [7, 11) is 6.29. The number of fused-ring (bicyclic) bond motifs is 7. The largest absolute Gasteiger partial charge is 0.504 e. The van der Waals surface area contributed by atoms with Gasteiger partial charge in [-0.05, 0) is 54.3 Å². The predicted octanol–water partition coefficient (Wildman–Crippen LogP) is 6.17. The average molecular weight is 558 g/mol. The molecule has 6 rings (SSSR count). The van der Waals surface area contributed by atoms with Gasteiger partial charge in [0.1, 0.15) is 11.1 Å². The van der Waals surface area contributed by atoms with E-state index in [1.54, 1.807) is 39.5 Å². The van der Waals surface area contributed by atoms with E-state index in [9.17, 15) is 9.90 Å². The minimum Gasteiger partial charge on any atom is -0.504 e. The number of hydrogen-bond acceptors (Lipinski definition) is 8. The Hall–Kier alpha value is -4.79. The van der Waals surface area contributed by atoms with Gasteiger partial charge < -0.3 is 37.8 Å². The van der Waals surface area contributed by atoms with Gasteiger partial charge in [-0.3, -0.25) is 0 Å². The van der Waals surface area contributed by atoms with Crippen LogP contribution in [0, 0.1) is 0 Å². The number of hydrogen-bond donors (Lipinski definition) is 1. The molecule has 9 nitrogen and oxygen atoms in total. The summed E-state index contributed by atoms with van der Waals surface area (Å²) in [6, 6.07) is 12.7. The molecule has 0 saturated carbocycles. The zero-order chi connectivity index (χ0) is 28.8. The minimum absolute atomic E-state index is 0.0125. The van der Waals surface area contributed by atoms with Crippen LogP contribution in [0.1, 0.15) is 18.9 Å². The molecule has 0 unspecified atom stereocenters. The normalized spacial score (nSPS) is 12.2. The molecule has 9 heteroatoms. The molecule has 5 aromatic rings. The van der Waals surface area contributed by atoms with Crippen LogP contribution in [-0.2, 0) is 13.0 Å². The number of rotatable bonds is 8. The van der Waals surface area contributed by atoms with E-state index < -0.39 is 5.63 Å². The van der Waals surface area contributed by atoms with Crippen LogP contribution in [0.3, 0.4) is 0 Å². The monoisotopic (exact) mass is 557 g/mol. The van der Waals surface area contributed by atoms with Crippen molar-refractivity contribution >= 4 is 21.9 Å². The van der Waals surface area contributed by atoms with E-state index in [-0.39, 0.29) is 5.75 Å². The van der Waals surface area contributed by atoms with E-state index >= 15 is 0 Å². The lowest BCUT2D eigenvalue weighted by atomic mass is 9.91. The van der Waals surface area contributed by atoms with Crippen molar-refractivity contribution in [2.24, 2.45) is 0 Å². The molecule has 212 valence electrons. The van der Waals surface area contributed by atoms with E-state index in [4.69, 9.17) is 28.1 Å². The van der Waals surface area contributed by atoms with E-state index in [0.29, 0.717) is 75.8 Å². The van der Waals surface area contributed by atoms with Crippen LogP contribution in [0.5, 0.6) is 34.5 Å². The lowest BCUT2D eigenvalue weighted by Gasteiger charge is -2.23. The van der Waals surface area contributed by atoms with Gasteiger partial charge >= 0.3 is 5.63 Å². The van der Waals surface area contributed by atoms with Crippen LogP contribution in [0.25, 0.3) is 44.3 Å². The fourth-order valence-corrected chi connectivity index (χ4v) is 5.76. The summed E-state index contributed by atoms with van der Waals surface area (Å²) in [6.07, 6.45) is 1.49. The van der Waals surface area contributed by atoms with Crippen molar-refractivity contribution in [2.75, 3.05) is 35.0 Å². The summed E-state index contributed by atoms with van der Waals surface area (Å²) < 4.78 is 36.1. The molecule has 0 atom stereocenters. The van der Waals surface area contributed by atoms with Crippen LogP contribution in [0.15, 0.2) is 51.7 Å². The van der Waals surface area contributed by atoms with Crippen molar-refractivity contribution in [1.29, 1.82) is 0 Å². The predicted molar refractivity (Wildman–Crippen MR) is 156 cm³/mol. The maximum atomic E-state index is 13.7. The van der Waals surface area contributed by atoms with Gasteiger partial charge in [-0.15, -0.1) is 0 Å². The Labute approximate surface area is 236 Å². The number of aromatic hydroxyl groups is 1. The third-order valence-corrected chi connectivity index (χ3v) is 7.59. The first-order valence-corrected chi connectivity index (χ1v) is 13.4. The second-order valence-electron chi connectivity index (χ2n) is 9.84. The minimum atomic E-state index is -0.465. The maximum Gasteiger partial charge on any atom is 0.361 e. The topological polar surface area (TPSA) is 102 Å². The van der Waals surface area contributed by atoms with Crippen LogP contribution >= 0.6 is 0 Å². The van der Waals surface area contributed by atoms with Crippen molar-refractivity contribution in [3.63, 3.8) is 0 Å². The van der Waals surface area contributed by atoms with Gasteiger partial charge in [0.15, 0.2) is 34.5 Å². The molecule has 1 N–H and O–H groups in total.